The highest BCUT2D eigenvalue weighted by Crippen LogP contribution is 2.36. The zero-order valence-electron chi connectivity index (χ0n) is 16.4. The number of hydrogen-bond acceptors (Lipinski definition) is 4. The molecule has 0 spiro atoms. The Morgan fingerprint density at radius 3 is 2.55 bits per heavy atom. The molecule has 3 rings (SSSR count). The van der Waals surface area contributed by atoms with Gasteiger partial charge in [0.1, 0.15) is 5.69 Å². The van der Waals surface area contributed by atoms with Crippen molar-refractivity contribution in [2.75, 3.05) is 50.7 Å². The Hall–Kier alpha value is -2.36. The number of alkyl halides is 3. The van der Waals surface area contributed by atoms with Crippen LogP contribution in [0.1, 0.15) is 25.3 Å². The minimum atomic E-state index is -4.64. The molecule has 0 saturated carbocycles. The summed E-state index contributed by atoms with van der Waals surface area (Å²) in [6.45, 7) is 6.13. The van der Waals surface area contributed by atoms with Crippen molar-refractivity contribution in [3.8, 4) is 0 Å². The number of benzene rings is 1. The number of anilines is 1. The normalized spacial score (nSPS) is 23.2. The maximum Gasteiger partial charge on any atom is 0.416 e. The van der Waals surface area contributed by atoms with Gasteiger partial charge in [-0.3, -0.25) is 14.9 Å². The van der Waals surface area contributed by atoms with E-state index in [1.165, 1.54) is 11.3 Å². The van der Waals surface area contributed by atoms with E-state index in [-0.39, 0.29) is 11.6 Å². The Morgan fingerprint density at radius 1 is 1.28 bits per heavy atom. The van der Waals surface area contributed by atoms with Crippen LogP contribution in [0.25, 0.3) is 0 Å². The fourth-order valence-corrected chi connectivity index (χ4v) is 4.19. The summed E-state index contributed by atoms with van der Waals surface area (Å²) in [5.74, 6) is 0.680. The summed E-state index contributed by atoms with van der Waals surface area (Å²) in [4.78, 5) is 27.8. The standard InChI is InChI=1S/C19H25F3N4O3/c1-14-3-2-6-23(12-14)13-18(27)25-9-7-24(8-10-25)16-5-4-15(19(20,21)22)11-17(16)26(28)29/h4-5,11,14H,2-3,6-10,12-13H2,1H3/p+1/t14-/m1/s1. The second kappa shape index (κ2) is 8.56. The van der Waals surface area contributed by atoms with Crippen LogP contribution in [0.4, 0.5) is 24.5 Å². The first-order chi connectivity index (χ1) is 13.6. The molecule has 1 aromatic carbocycles. The molecule has 10 heteroatoms. The molecule has 0 aliphatic carbocycles. The average Bonchev–Trinajstić information content (AvgIpc) is 2.67. The van der Waals surface area contributed by atoms with Gasteiger partial charge in [0.05, 0.1) is 23.6 Å². The van der Waals surface area contributed by atoms with E-state index in [9.17, 15) is 28.1 Å². The summed E-state index contributed by atoms with van der Waals surface area (Å²) in [5.41, 5.74) is -1.45. The molecule has 2 aliphatic heterocycles. The lowest BCUT2D eigenvalue weighted by molar-refractivity contribution is -0.900. The largest absolute Gasteiger partial charge is 0.416 e. The molecule has 0 aromatic heterocycles. The van der Waals surface area contributed by atoms with Crippen molar-refractivity contribution in [3.05, 3.63) is 33.9 Å². The third-order valence-electron chi connectivity index (χ3n) is 5.74. The summed E-state index contributed by atoms with van der Waals surface area (Å²) in [6.07, 6.45) is -2.32. The number of quaternary nitrogens is 1. The zero-order chi connectivity index (χ0) is 21.2. The van der Waals surface area contributed by atoms with Gasteiger partial charge < -0.3 is 14.7 Å². The Labute approximate surface area is 167 Å². The maximum atomic E-state index is 12.9. The molecule has 1 aromatic rings. The molecule has 7 nitrogen and oxygen atoms in total. The van der Waals surface area contributed by atoms with Gasteiger partial charge in [-0.2, -0.15) is 13.2 Å². The smallest absolute Gasteiger partial charge is 0.362 e. The molecule has 29 heavy (non-hydrogen) atoms. The molecule has 2 fully saturated rings. The number of rotatable bonds is 4. The van der Waals surface area contributed by atoms with Gasteiger partial charge in [-0.05, 0) is 25.0 Å². The van der Waals surface area contributed by atoms with E-state index >= 15 is 0 Å². The molecule has 0 bridgehead atoms. The van der Waals surface area contributed by atoms with Crippen molar-refractivity contribution in [2.24, 2.45) is 5.92 Å². The summed E-state index contributed by atoms with van der Waals surface area (Å²) < 4.78 is 38.6. The zero-order valence-corrected chi connectivity index (χ0v) is 16.4. The van der Waals surface area contributed by atoms with Crippen LogP contribution in [-0.4, -0.2) is 61.5 Å². The molecule has 1 N–H and O–H groups in total. The Bertz CT molecular complexity index is 764. The van der Waals surface area contributed by atoms with E-state index in [2.05, 4.69) is 6.92 Å². The van der Waals surface area contributed by atoms with E-state index in [0.29, 0.717) is 44.7 Å². The van der Waals surface area contributed by atoms with Gasteiger partial charge >= 0.3 is 6.18 Å². The number of nitro benzene ring substituents is 1. The van der Waals surface area contributed by atoms with Crippen LogP contribution in [-0.2, 0) is 11.0 Å². The van der Waals surface area contributed by atoms with Gasteiger partial charge in [0.15, 0.2) is 6.54 Å². The topological polar surface area (TPSA) is 71.1 Å². The fraction of sp³-hybridized carbons (Fsp3) is 0.632. The Balaban J connectivity index is 1.63. The van der Waals surface area contributed by atoms with Crippen molar-refractivity contribution in [3.63, 3.8) is 0 Å². The van der Waals surface area contributed by atoms with Crippen LogP contribution in [0.15, 0.2) is 18.2 Å². The molecule has 2 heterocycles. The molecule has 0 radical (unpaired) electrons. The number of likely N-dealkylation sites (tertiary alicyclic amines) is 1. The van der Waals surface area contributed by atoms with E-state index in [1.54, 1.807) is 9.80 Å². The average molecular weight is 415 g/mol. The number of carbonyl (C=O) groups excluding carboxylic acids is 1. The van der Waals surface area contributed by atoms with Crippen molar-refractivity contribution < 1.29 is 27.8 Å². The molecule has 2 atom stereocenters. The number of nitro groups is 1. The van der Waals surface area contributed by atoms with E-state index in [0.717, 1.165) is 31.6 Å². The highest BCUT2D eigenvalue weighted by molar-refractivity contribution is 5.77. The van der Waals surface area contributed by atoms with E-state index < -0.39 is 22.4 Å². The minimum Gasteiger partial charge on any atom is -0.362 e. The molecule has 1 amide bonds. The second-order valence-corrected chi connectivity index (χ2v) is 7.95. The van der Waals surface area contributed by atoms with Crippen molar-refractivity contribution in [1.82, 2.24) is 4.90 Å². The van der Waals surface area contributed by atoms with Gasteiger partial charge in [0.25, 0.3) is 11.6 Å². The summed E-state index contributed by atoms with van der Waals surface area (Å²) >= 11 is 0. The lowest BCUT2D eigenvalue weighted by atomic mass is 10.0. The van der Waals surface area contributed by atoms with E-state index in [4.69, 9.17) is 0 Å². The van der Waals surface area contributed by atoms with Crippen molar-refractivity contribution in [2.45, 2.75) is 25.9 Å². The molecule has 2 aliphatic rings. The third-order valence-corrected chi connectivity index (χ3v) is 5.74. The van der Waals surface area contributed by atoms with Crippen LogP contribution in [0.5, 0.6) is 0 Å². The SMILES string of the molecule is C[C@@H]1CCC[NH+](CC(=O)N2CCN(c3ccc(C(F)(F)F)cc3[N+](=O)[O-])CC2)C1. The van der Waals surface area contributed by atoms with Gasteiger partial charge in [-0.1, -0.05) is 6.92 Å². The van der Waals surface area contributed by atoms with Gasteiger partial charge in [0.2, 0.25) is 0 Å². The van der Waals surface area contributed by atoms with Gasteiger partial charge in [-0.15, -0.1) is 0 Å². The summed E-state index contributed by atoms with van der Waals surface area (Å²) in [6, 6.07) is 2.59. The first-order valence-corrected chi connectivity index (χ1v) is 9.87. The quantitative estimate of drug-likeness (QED) is 0.599. The lowest BCUT2D eigenvalue weighted by Crippen LogP contribution is -3.14. The first kappa shape index (κ1) is 21.4. The van der Waals surface area contributed by atoms with Gasteiger partial charge in [0, 0.05) is 38.2 Å². The molecule has 2 saturated heterocycles. The predicted molar refractivity (Wildman–Crippen MR) is 101 cm³/mol. The van der Waals surface area contributed by atoms with Crippen molar-refractivity contribution >= 4 is 17.3 Å². The van der Waals surface area contributed by atoms with Gasteiger partial charge in [-0.25, -0.2) is 0 Å². The van der Waals surface area contributed by atoms with E-state index in [1.807, 2.05) is 0 Å². The lowest BCUT2D eigenvalue weighted by Gasteiger charge is -2.36. The molecular weight excluding hydrogens is 389 g/mol. The summed E-state index contributed by atoms with van der Waals surface area (Å²) in [5, 5.41) is 11.3. The number of carbonyl (C=O) groups is 1. The number of piperidine rings is 1. The van der Waals surface area contributed by atoms with Crippen LogP contribution in [0.2, 0.25) is 0 Å². The second-order valence-electron chi connectivity index (χ2n) is 7.95. The van der Waals surface area contributed by atoms with Crippen LogP contribution >= 0.6 is 0 Å². The highest BCUT2D eigenvalue weighted by Gasteiger charge is 2.34. The number of piperazine rings is 1. The Morgan fingerprint density at radius 2 is 1.97 bits per heavy atom. The number of halogens is 3. The monoisotopic (exact) mass is 415 g/mol. The molecular formula is C19H26F3N4O3+. The fourth-order valence-electron chi connectivity index (χ4n) is 4.19. The number of nitrogens with one attached hydrogen (secondary N) is 1. The number of amides is 1. The third kappa shape index (κ3) is 5.17. The summed E-state index contributed by atoms with van der Waals surface area (Å²) in [7, 11) is 0. The Kier molecular flexibility index (Phi) is 6.30. The van der Waals surface area contributed by atoms with Crippen LogP contribution in [0, 0.1) is 16.0 Å². The highest BCUT2D eigenvalue weighted by atomic mass is 19.4. The number of nitrogens with zero attached hydrogens (tertiary/aromatic N) is 3. The number of hydrogen-bond donors (Lipinski definition) is 1. The van der Waals surface area contributed by atoms with Crippen molar-refractivity contribution in [1.29, 1.82) is 0 Å². The minimum absolute atomic E-state index is 0.0654. The first-order valence-electron chi connectivity index (χ1n) is 9.87. The maximum absolute atomic E-state index is 12.9. The molecule has 160 valence electrons. The molecule has 1 unspecified atom stereocenters. The van der Waals surface area contributed by atoms with Crippen LogP contribution in [0.3, 0.4) is 0 Å². The van der Waals surface area contributed by atoms with Crippen LogP contribution < -0.4 is 9.80 Å². The predicted octanol–water partition coefficient (Wildman–Crippen LogP) is 1.58.